The summed E-state index contributed by atoms with van der Waals surface area (Å²) in [5, 5.41) is 3.04. The van der Waals surface area contributed by atoms with E-state index in [0.29, 0.717) is 12.4 Å². The van der Waals surface area contributed by atoms with Gasteiger partial charge < -0.3 is 0 Å². The number of nitrogens with zero attached hydrogens (tertiary/aromatic N) is 3. The van der Waals surface area contributed by atoms with Gasteiger partial charge >= 0.3 is 5.69 Å². The van der Waals surface area contributed by atoms with Crippen molar-refractivity contribution in [2.75, 3.05) is 0 Å². The number of hydrogen-bond donors (Lipinski definition) is 0. The fourth-order valence-corrected chi connectivity index (χ4v) is 2.55. The molecule has 0 aromatic carbocycles. The number of hydrogen-bond acceptors (Lipinski definition) is 4. The predicted molar refractivity (Wildman–Crippen MR) is 68.5 cm³/mol. The van der Waals surface area contributed by atoms with E-state index in [0.717, 1.165) is 23.5 Å². The van der Waals surface area contributed by atoms with E-state index < -0.39 is 0 Å². The normalized spacial score (nSPS) is 10.6. The van der Waals surface area contributed by atoms with E-state index in [9.17, 15) is 4.79 Å². The van der Waals surface area contributed by atoms with Gasteiger partial charge in [-0.25, -0.2) is 14.8 Å². The molecule has 0 aliphatic heterocycles. The van der Waals surface area contributed by atoms with E-state index in [2.05, 4.69) is 9.97 Å². The minimum atomic E-state index is -0.201. The smallest absolute Gasteiger partial charge is 0.299 e. The maximum Gasteiger partial charge on any atom is 0.347 e. The Labute approximate surface area is 108 Å². The largest absolute Gasteiger partial charge is 0.347 e. The summed E-state index contributed by atoms with van der Waals surface area (Å²) < 4.78 is 1.61. The molecule has 0 bridgehead atoms. The zero-order valence-corrected chi connectivity index (χ0v) is 10.7. The summed E-state index contributed by atoms with van der Waals surface area (Å²) in [5.74, 6) is 0.457. The molecule has 6 heteroatoms. The molecule has 4 nitrogen and oxygen atoms in total. The van der Waals surface area contributed by atoms with Crippen LogP contribution in [0, 0.1) is 0 Å². The Balaban J connectivity index is 1.87. The van der Waals surface area contributed by atoms with E-state index in [1.165, 1.54) is 6.20 Å². The highest BCUT2D eigenvalue weighted by molar-refractivity contribution is 7.09. The fraction of sp³-hybridized carbons (Fsp3) is 0.364. The molecule has 90 valence electrons. The van der Waals surface area contributed by atoms with Gasteiger partial charge in [-0.1, -0.05) is 0 Å². The lowest BCUT2D eigenvalue weighted by molar-refractivity contribution is 0.606. The maximum absolute atomic E-state index is 11.3. The molecule has 2 rings (SSSR count). The minimum absolute atomic E-state index is 0.201. The second-order valence-electron chi connectivity index (χ2n) is 3.57. The third kappa shape index (κ3) is 3.38. The van der Waals surface area contributed by atoms with Crippen molar-refractivity contribution >= 4 is 22.9 Å². The maximum atomic E-state index is 11.3. The molecule has 0 aliphatic rings. The first kappa shape index (κ1) is 12.3. The van der Waals surface area contributed by atoms with Gasteiger partial charge in [0.15, 0.2) is 0 Å². The zero-order chi connectivity index (χ0) is 12.1. The molecule has 0 N–H and O–H groups in total. The molecule has 0 spiro atoms. The van der Waals surface area contributed by atoms with Gasteiger partial charge in [0.25, 0.3) is 0 Å². The lowest BCUT2D eigenvalue weighted by atomic mass is 10.3. The van der Waals surface area contributed by atoms with Gasteiger partial charge in [0, 0.05) is 30.7 Å². The Morgan fingerprint density at radius 1 is 1.47 bits per heavy atom. The van der Waals surface area contributed by atoms with Gasteiger partial charge in [0.05, 0.1) is 16.6 Å². The predicted octanol–water partition coefficient (Wildman–Crippen LogP) is 2.07. The fourth-order valence-electron chi connectivity index (χ4n) is 1.48. The molecule has 0 atom stereocenters. The first-order chi connectivity index (χ1) is 8.29. The van der Waals surface area contributed by atoms with Crippen LogP contribution in [0.1, 0.15) is 17.1 Å². The van der Waals surface area contributed by atoms with Crippen molar-refractivity contribution in [3.63, 3.8) is 0 Å². The number of alkyl halides is 1. The minimum Gasteiger partial charge on any atom is -0.299 e. The van der Waals surface area contributed by atoms with Gasteiger partial charge in [0.2, 0.25) is 0 Å². The van der Waals surface area contributed by atoms with Crippen LogP contribution in [0.5, 0.6) is 0 Å². The third-order valence-electron chi connectivity index (χ3n) is 2.31. The van der Waals surface area contributed by atoms with Crippen molar-refractivity contribution in [1.82, 2.24) is 14.5 Å². The SMILES string of the molecule is O=c1ncccn1CCCc1nc(CCl)cs1. The van der Waals surface area contributed by atoms with E-state index in [4.69, 9.17) is 11.6 Å². The van der Waals surface area contributed by atoms with Crippen LogP contribution in [-0.2, 0) is 18.8 Å². The second kappa shape index (κ2) is 5.93. The van der Waals surface area contributed by atoms with E-state index in [1.807, 2.05) is 5.38 Å². The molecule has 0 saturated heterocycles. The van der Waals surface area contributed by atoms with E-state index in [-0.39, 0.29) is 5.69 Å². The number of aryl methyl sites for hydroxylation is 2. The van der Waals surface area contributed by atoms with Crippen molar-refractivity contribution in [2.24, 2.45) is 0 Å². The zero-order valence-electron chi connectivity index (χ0n) is 9.17. The lowest BCUT2D eigenvalue weighted by Gasteiger charge is -2.02. The molecule has 2 heterocycles. The van der Waals surface area contributed by atoms with Crippen molar-refractivity contribution in [3.05, 3.63) is 45.0 Å². The van der Waals surface area contributed by atoms with E-state index in [1.54, 1.807) is 28.2 Å². The van der Waals surface area contributed by atoms with Crippen LogP contribution in [-0.4, -0.2) is 14.5 Å². The molecule has 0 fully saturated rings. The molecule has 0 aliphatic carbocycles. The van der Waals surface area contributed by atoms with Crippen LogP contribution in [0.3, 0.4) is 0 Å². The van der Waals surface area contributed by atoms with E-state index >= 15 is 0 Å². The summed E-state index contributed by atoms with van der Waals surface area (Å²) in [7, 11) is 0. The Hall–Kier alpha value is -1.20. The Kier molecular flexibility index (Phi) is 4.28. The summed E-state index contributed by atoms with van der Waals surface area (Å²) in [5.41, 5.74) is 0.721. The lowest BCUT2D eigenvalue weighted by Crippen LogP contribution is -2.21. The highest BCUT2D eigenvalue weighted by atomic mass is 35.5. The summed E-state index contributed by atoms with van der Waals surface area (Å²) in [6.45, 7) is 0.669. The molecule has 0 radical (unpaired) electrons. The molecular formula is C11H12ClN3OS. The molecule has 2 aromatic heterocycles. The summed E-state index contributed by atoms with van der Waals surface area (Å²) >= 11 is 7.30. The van der Waals surface area contributed by atoms with Crippen LogP contribution >= 0.6 is 22.9 Å². The highest BCUT2D eigenvalue weighted by Gasteiger charge is 2.01. The van der Waals surface area contributed by atoms with Crippen LogP contribution in [0.25, 0.3) is 0 Å². The van der Waals surface area contributed by atoms with Crippen LogP contribution < -0.4 is 5.69 Å². The number of halogens is 1. The number of aromatic nitrogens is 3. The van der Waals surface area contributed by atoms with Crippen molar-refractivity contribution in [3.8, 4) is 0 Å². The van der Waals surface area contributed by atoms with Crippen LogP contribution in [0.15, 0.2) is 28.6 Å². The third-order valence-corrected chi connectivity index (χ3v) is 3.54. The first-order valence-corrected chi connectivity index (χ1v) is 6.71. The quantitative estimate of drug-likeness (QED) is 0.781. The highest BCUT2D eigenvalue weighted by Crippen LogP contribution is 2.13. The second-order valence-corrected chi connectivity index (χ2v) is 4.78. The molecule has 0 unspecified atom stereocenters. The topological polar surface area (TPSA) is 47.8 Å². The Morgan fingerprint density at radius 3 is 3.06 bits per heavy atom. The van der Waals surface area contributed by atoms with Gasteiger partial charge in [-0.2, -0.15) is 0 Å². The molecule has 0 amide bonds. The summed E-state index contributed by atoms with van der Waals surface area (Å²) in [6.07, 6.45) is 5.00. The van der Waals surface area contributed by atoms with Gasteiger partial charge in [0.1, 0.15) is 0 Å². The average Bonchev–Trinajstić information content (AvgIpc) is 2.80. The van der Waals surface area contributed by atoms with Crippen LogP contribution in [0.2, 0.25) is 0 Å². The molecular weight excluding hydrogens is 258 g/mol. The number of rotatable bonds is 5. The van der Waals surface area contributed by atoms with Crippen molar-refractivity contribution < 1.29 is 0 Å². The van der Waals surface area contributed by atoms with Crippen molar-refractivity contribution in [1.29, 1.82) is 0 Å². The first-order valence-electron chi connectivity index (χ1n) is 5.30. The van der Waals surface area contributed by atoms with Gasteiger partial charge in [-0.3, -0.25) is 4.57 Å². The molecule has 2 aromatic rings. The Morgan fingerprint density at radius 2 is 2.35 bits per heavy atom. The summed E-state index contributed by atoms with van der Waals surface area (Å²) in [4.78, 5) is 19.4. The average molecular weight is 270 g/mol. The van der Waals surface area contributed by atoms with Crippen LogP contribution in [0.4, 0.5) is 0 Å². The van der Waals surface area contributed by atoms with Gasteiger partial charge in [-0.15, -0.1) is 22.9 Å². The standard InChI is InChI=1S/C11H12ClN3OS/c12-7-9-8-17-10(14-9)3-1-5-15-6-2-4-13-11(15)16/h2,4,6,8H,1,3,5,7H2. The van der Waals surface area contributed by atoms with Gasteiger partial charge in [-0.05, 0) is 12.5 Å². The summed E-state index contributed by atoms with van der Waals surface area (Å²) in [6, 6.07) is 1.76. The molecule has 0 saturated carbocycles. The monoisotopic (exact) mass is 269 g/mol. The van der Waals surface area contributed by atoms with Crippen molar-refractivity contribution in [2.45, 2.75) is 25.3 Å². The Bertz CT molecular complexity index is 537. The molecule has 17 heavy (non-hydrogen) atoms. The number of thiazole rings is 1.